The molecule has 0 N–H and O–H groups in total. The van der Waals surface area contributed by atoms with Crippen LogP contribution in [0.5, 0.6) is 0 Å². The normalized spacial score (nSPS) is 13.0. The highest BCUT2D eigenvalue weighted by Gasteiger charge is 2.17. The van der Waals surface area contributed by atoms with Crippen LogP contribution in [0.4, 0.5) is 0 Å². The van der Waals surface area contributed by atoms with Gasteiger partial charge in [0.25, 0.3) is 0 Å². The van der Waals surface area contributed by atoms with Crippen LogP contribution in [0, 0.1) is 11.8 Å². The Hall–Kier alpha value is -1.60. The highest BCUT2D eigenvalue weighted by atomic mass is 32.1. The maximum Gasteiger partial charge on any atom is 0.134 e. The first-order valence-electron chi connectivity index (χ1n) is 25.0. The van der Waals surface area contributed by atoms with E-state index >= 15 is 0 Å². The zero-order chi connectivity index (χ0) is 41.3. The number of hydrogen-bond donors (Lipinski definition) is 0. The molecule has 4 aromatic heterocycles. The summed E-state index contributed by atoms with van der Waals surface area (Å²) in [4.78, 5) is 16.1. The average molecular weight is 876 g/mol. The van der Waals surface area contributed by atoms with E-state index in [2.05, 4.69) is 64.1 Å². The summed E-state index contributed by atoms with van der Waals surface area (Å²) in [6.45, 7) is 9.38. The fourth-order valence-electron chi connectivity index (χ4n) is 8.96. The number of thiophene rings is 2. The van der Waals surface area contributed by atoms with Crippen molar-refractivity contribution in [2.75, 3.05) is 0 Å². The van der Waals surface area contributed by atoms with Gasteiger partial charge in [0.05, 0.1) is 30.2 Å². The first-order valence-corrected chi connectivity index (χ1v) is 28.2. The summed E-state index contributed by atoms with van der Waals surface area (Å²) in [6.07, 6.45) is 43.4. The molecular weight excluding hydrogens is 793 g/mol. The summed E-state index contributed by atoms with van der Waals surface area (Å²) in [5.74, 6) is 1.57. The third-order valence-corrected chi connectivity index (χ3v) is 17.3. The molecule has 6 heteroatoms. The van der Waals surface area contributed by atoms with Crippen molar-refractivity contribution in [2.45, 2.75) is 227 Å². The van der Waals surface area contributed by atoms with Crippen molar-refractivity contribution in [3.63, 3.8) is 0 Å². The van der Waals surface area contributed by atoms with Crippen molar-refractivity contribution >= 4 is 65.8 Å². The standard InChI is InChI=1S/C53H82N2S4/c1-5-8-11-14-17-20-21-24-27-30-33-43(32-29-26-23-19-16-13-10-7-3)39-45-35-37-49(57-45)53-55-47-41-50-46(40-51(47)59-53)54-52(58-50)48-36-34-44(56-48)38-42(4)31-28-25-22-18-15-12-9-6-2/h34-37,40-43H,5-33,38-39H2,1-4H3. The van der Waals surface area contributed by atoms with Gasteiger partial charge in [-0.1, -0.05) is 214 Å². The van der Waals surface area contributed by atoms with Crippen molar-refractivity contribution in [1.29, 1.82) is 0 Å². The van der Waals surface area contributed by atoms with Gasteiger partial charge in [-0.25, -0.2) is 9.97 Å². The van der Waals surface area contributed by atoms with Crippen LogP contribution in [0.15, 0.2) is 36.4 Å². The number of thiazole rings is 2. The number of benzene rings is 1. The van der Waals surface area contributed by atoms with Crippen LogP contribution in [0.25, 0.3) is 40.2 Å². The maximum absolute atomic E-state index is 5.21. The number of fused-ring (bicyclic) bond motifs is 2. The van der Waals surface area contributed by atoms with Gasteiger partial charge in [-0.3, -0.25) is 0 Å². The lowest BCUT2D eigenvalue weighted by Gasteiger charge is -2.16. The number of aromatic nitrogens is 2. The Morgan fingerprint density at radius 1 is 0.407 bits per heavy atom. The Balaban J connectivity index is 1.11. The summed E-state index contributed by atoms with van der Waals surface area (Å²) in [5.41, 5.74) is 2.24. The maximum atomic E-state index is 5.21. The Kier molecular flexibility index (Phi) is 23.7. The van der Waals surface area contributed by atoms with Crippen molar-refractivity contribution in [2.24, 2.45) is 11.8 Å². The van der Waals surface area contributed by atoms with Crippen LogP contribution < -0.4 is 0 Å². The molecule has 2 atom stereocenters. The van der Waals surface area contributed by atoms with E-state index in [1.807, 2.05) is 45.3 Å². The van der Waals surface area contributed by atoms with Crippen molar-refractivity contribution < 1.29 is 0 Å². The molecule has 2 nitrogen and oxygen atoms in total. The van der Waals surface area contributed by atoms with Gasteiger partial charge in [-0.05, 0) is 61.1 Å². The predicted molar refractivity (Wildman–Crippen MR) is 270 cm³/mol. The van der Waals surface area contributed by atoms with Crippen LogP contribution in [0.1, 0.15) is 224 Å². The van der Waals surface area contributed by atoms with E-state index < -0.39 is 0 Å². The average Bonchev–Trinajstić information content (AvgIpc) is 4.06. The molecule has 5 rings (SSSR count). The van der Waals surface area contributed by atoms with Gasteiger partial charge in [0, 0.05) is 9.75 Å². The summed E-state index contributed by atoms with van der Waals surface area (Å²) < 4.78 is 2.51. The summed E-state index contributed by atoms with van der Waals surface area (Å²) in [5, 5.41) is 2.33. The molecule has 0 spiro atoms. The van der Waals surface area contributed by atoms with Gasteiger partial charge in [-0.15, -0.1) is 45.3 Å². The minimum Gasteiger partial charge on any atom is -0.235 e. The third kappa shape index (κ3) is 18.0. The second-order valence-electron chi connectivity index (χ2n) is 18.2. The summed E-state index contributed by atoms with van der Waals surface area (Å²) in [6, 6.07) is 14.0. The Morgan fingerprint density at radius 2 is 0.763 bits per heavy atom. The molecule has 0 aliphatic carbocycles. The third-order valence-electron chi connectivity index (χ3n) is 12.7. The molecular formula is C53H82N2S4. The van der Waals surface area contributed by atoms with Crippen molar-refractivity contribution in [3.05, 3.63) is 46.2 Å². The van der Waals surface area contributed by atoms with E-state index in [1.54, 1.807) is 4.88 Å². The smallest absolute Gasteiger partial charge is 0.134 e. The molecule has 0 aliphatic heterocycles. The van der Waals surface area contributed by atoms with E-state index in [9.17, 15) is 0 Å². The first-order chi connectivity index (χ1) is 29.1. The summed E-state index contributed by atoms with van der Waals surface area (Å²) in [7, 11) is 0. The lowest BCUT2D eigenvalue weighted by molar-refractivity contribution is 0.401. The quantitative estimate of drug-likeness (QED) is 0.0379. The van der Waals surface area contributed by atoms with Gasteiger partial charge in [0.2, 0.25) is 0 Å². The zero-order valence-electron chi connectivity index (χ0n) is 38.1. The van der Waals surface area contributed by atoms with E-state index in [-0.39, 0.29) is 0 Å². The van der Waals surface area contributed by atoms with E-state index in [0.717, 1.165) is 27.9 Å². The van der Waals surface area contributed by atoms with Crippen LogP contribution in [-0.2, 0) is 12.8 Å². The molecule has 4 heterocycles. The van der Waals surface area contributed by atoms with Crippen LogP contribution in [0.3, 0.4) is 0 Å². The minimum atomic E-state index is 0.749. The Labute approximate surface area is 377 Å². The van der Waals surface area contributed by atoms with Crippen LogP contribution in [-0.4, -0.2) is 9.97 Å². The number of nitrogens with zero attached hydrogens (tertiary/aromatic N) is 2. The second-order valence-corrected chi connectivity index (χ2v) is 22.6. The van der Waals surface area contributed by atoms with Crippen molar-refractivity contribution in [3.8, 4) is 19.8 Å². The molecule has 0 fully saturated rings. The molecule has 2 unspecified atom stereocenters. The SMILES string of the molecule is CCCCCCCCCCCCC(CCCCCCCCCC)Cc1ccc(-c2nc3cc4sc(-c5ccc(CC(C)CCCCCCCCCC)s5)nc4cc3s2)s1. The Bertz CT molecular complexity index is 1760. The second kappa shape index (κ2) is 28.9. The molecule has 328 valence electrons. The zero-order valence-corrected chi connectivity index (χ0v) is 41.3. The molecule has 0 aliphatic rings. The molecule has 0 saturated carbocycles. The van der Waals surface area contributed by atoms with E-state index in [0.29, 0.717) is 0 Å². The topological polar surface area (TPSA) is 25.8 Å². The van der Waals surface area contributed by atoms with Gasteiger partial charge < -0.3 is 0 Å². The molecule has 59 heavy (non-hydrogen) atoms. The molecule has 0 bridgehead atoms. The lowest BCUT2D eigenvalue weighted by atomic mass is 9.91. The lowest BCUT2D eigenvalue weighted by Crippen LogP contribution is -2.04. The number of hydrogen-bond acceptors (Lipinski definition) is 6. The first kappa shape index (κ1) is 48.4. The van der Waals surface area contributed by atoms with Gasteiger partial charge in [-0.2, -0.15) is 0 Å². The fourth-order valence-corrected chi connectivity index (χ4v) is 13.3. The minimum absolute atomic E-state index is 0.749. The summed E-state index contributed by atoms with van der Waals surface area (Å²) >= 11 is 7.64. The van der Waals surface area contributed by atoms with Crippen LogP contribution >= 0.6 is 45.3 Å². The van der Waals surface area contributed by atoms with Crippen LogP contribution in [0.2, 0.25) is 0 Å². The number of unbranched alkanes of at least 4 members (excludes halogenated alkanes) is 23. The van der Waals surface area contributed by atoms with E-state index in [1.165, 1.54) is 228 Å². The molecule has 0 amide bonds. The largest absolute Gasteiger partial charge is 0.235 e. The highest BCUT2D eigenvalue weighted by Crippen LogP contribution is 2.41. The molecule has 0 saturated heterocycles. The monoisotopic (exact) mass is 875 g/mol. The van der Waals surface area contributed by atoms with Gasteiger partial charge >= 0.3 is 0 Å². The Morgan fingerprint density at radius 3 is 1.17 bits per heavy atom. The fraction of sp³-hybridized carbons (Fsp3) is 0.698. The molecule has 0 radical (unpaired) electrons. The number of rotatable bonds is 35. The van der Waals surface area contributed by atoms with E-state index in [4.69, 9.17) is 9.97 Å². The van der Waals surface area contributed by atoms with Gasteiger partial charge in [0.15, 0.2) is 0 Å². The molecule has 5 aromatic rings. The predicted octanol–water partition coefficient (Wildman–Crippen LogP) is 20.1. The van der Waals surface area contributed by atoms with Crippen molar-refractivity contribution in [1.82, 2.24) is 9.97 Å². The highest BCUT2D eigenvalue weighted by molar-refractivity contribution is 7.27. The van der Waals surface area contributed by atoms with Gasteiger partial charge in [0.1, 0.15) is 10.0 Å². The molecule has 1 aromatic carbocycles.